The quantitative estimate of drug-likeness (QED) is 0.599. The molecule has 0 saturated carbocycles. The van der Waals surface area contributed by atoms with Gasteiger partial charge in [0.15, 0.2) is 0 Å². The van der Waals surface area contributed by atoms with Crippen LogP contribution in [0.15, 0.2) is 16.3 Å². The standard InChI is InChI=1S/C13H21NO2S2/c1-13(2,9-15)6-4-7-14-12(16)11-10(17-3)5-8-18-11/h5,8,15H,4,6-7,9H2,1-3H3,(H,14,16). The molecule has 1 amide bonds. The van der Waals surface area contributed by atoms with Crippen LogP contribution in [0, 0.1) is 5.41 Å². The molecule has 1 rings (SSSR count). The summed E-state index contributed by atoms with van der Waals surface area (Å²) in [5.41, 5.74) is -0.0575. The second-order valence-corrected chi connectivity index (χ2v) is 6.76. The van der Waals surface area contributed by atoms with Crippen LogP contribution in [0.4, 0.5) is 0 Å². The first-order valence-electron chi connectivity index (χ1n) is 6.01. The smallest absolute Gasteiger partial charge is 0.262 e. The average molecular weight is 287 g/mol. The van der Waals surface area contributed by atoms with Gasteiger partial charge in [-0.05, 0) is 36.0 Å². The van der Waals surface area contributed by atoms with E-state index in [4.69, 9.17) is 5.11 Å². The summed E-state index contributed by atoms with van der Waals surface area (Å²) >= 11 is 3.07. The van der Waals surface area contributed by atoms with Gasteiger partial charge in [-0.2, -0.15) is 0 Å². The predicted octanol–water partition coefficient (Wildman–Crippen LogP) is 3.00. The number of hydrogen-bond acceptors (Lipinski definition) is 4. The van der Waals surface area contributed by atoms with E-state index in [0.717, 1.165) is 22.6 Å². The number of rotatable bonds is 7. The van der Waals surface area contributed by atoms with Gasteiger partial charge in [-0.25, -0.2) is 0 Å². The molecule has 0 aliphatic rings. The van der Waals surface area contributed by atoms with E-state index in [2.05, 4.69) is 5.32 Å². The fraction of sp³-hybridized carbons (Fsp3) is 0.615. The highest BCUT2D eigenvalue weighted by Crippen LogP contribution is 2.25. The fourth-order valence-electron chi connectivity index (χ4n) is 1.55. The maximum absolute atomic E-state index is 11.9. The summed E-state index contributed by atoms with van der Waals surface area (Å²) < 4.78 is 0. The molecule has 3 nitrogen and oxygen atoms in total. The average Bonchev–Trinajstić information content (AvgIpc) is 2.82. The number of thiophene rings is 1. The largest absolute Gasteiger partial charge is 0.396 e. The second kappa shape index (κ2) is 7.16. The molecule has 0 saturated heterocycles. The lowest BCUT2D eigenvalue weighted by molar-refractivity contribution is 0.0950. The highest BCUT2D eigenvalue weighted by atomic mass is 32.2. The van der Waals surface area contributed by atoms with Crippen molar-refractivity contribution in [2.75, 3.05) is 19.4 Å². The van der Waals surface area contributed by atoms with Crippen LogP contribution in [0.3, 0.4) is 0 Å². The van der Waals surface area contributed by atoms with Crippen LogP contribution in [-0.4, -0.2) is 30.4 Å². The molecule has 0 aliphatic carbocycles. The first-order valence-corrected chi connectivity index (χ1v) is 8.11. The Morgan fingerprint density at radius 1 is 1.56 bits per heavy atom. The summed E-state index contributed by atoms with van der Waals surface area (Å²) in [5, 5.41) is 14.0. The van der Waals surface area contributed by atoms with Crippen molar-refractivity contribution in [1.29, 1.82) is 0 Å². The van der Waals surface area contributed by atoms with Crippen molar-refractivity contribution in [3.05, 3.63) is 16.3 Å². The van der Waals surface area contributed by atoms with Crippen molar-refractivity contribution < 1.29 is 9.90 Å². The Balaban J connectivity index is 2.34. The number of carbonyl (C=O) groups is 1. The van der Waals surface area contributed by atoms with E-state index in [1.807, 2.05) is 31.5 Å². The Morgan fingerprint density at radius 3 is 2.89 bits per heavy atom. The molecule has 0 bridgehead atoms. The Hall–Kier alpha value is -0.520. The number of thioether (sulfide) groups is 1. The first-order chi connectivity index (χ1) is 8.50. The van der Waals surface area contributed by atoms with E-state index in [0.29, 0.717) is 6.54 Å². The van der Waals surface area contributed by atoms with E-state index < -0.39 is 0 Å². The molecule has 5 heteroatoms. The molecule has 0 unspecified atom stereocenters. The van der Waals surface area contributed by atoms with Gasteiger partial charge >= 0.3 is 0 Å². The van der Waals surface area contributed by atoms with Gasteiger partial charge in [0.1, 0.15) is 4.88 Å². The number of hydrogen-bond donors (Lipinski definition) is 2. The Morgan fingerprint density at radius 2 is 2.28 bits per heavy atom. The van der Waals surface area contributed by atoms with Gasteiger partial charge in [-0.1, -0.05) is 13.8 Å². The van der Waals surface area contributed by atoms with Crippen LogP contribution in [0.1, 0.15) is 36.4 Å². The van der Waals surface area contributed by atoms with E-state index in [1.165, 1.54) is 11.3 Å². The lowest BCUT2D eigenvalue weighted by atomic mass is 9.89. The maximum Gasteiger partial charge on any atom is 0.262 e. The van der Waals surface area contributed by atoms with E-state index in [9.17, 15) is 4.79 Å². The zero-order valence-corrected chi connectivity index (χ0v) is 12.8. The third kappa shape index (κ3) is 4.63. The third-order valence-corrected chi connectivity index (χ3v) is 4.62. The van der Waals surface area contributed by atoms with Crippen molar-refractivity contribution >= 4 is 29.0 Å². The molecule has 2 N–H and O–H groups in total. The SMILES string of the molecule is CSc1ccsc1C(=O)NCCCC(C)(C)CO. The Bertz CT molecular complexity index is 388. The van der Waals surface area contributed by atoms with Crippen LogP contribution >= 0.6 is 23.1 Å². The fourth-order valence-corrected chi connectivity index (χ4v) is 3.22. The molecule has 18 heavy (non-hydrogen) atoms. The molecule has 1 aromatic heterocycles. The predicted molar refractivity (Wildman–Crippen MR) is 78.5 cm³/mol. The number of amides is 1. The minimum Gasteiger partial charge on any atom is -0.396 e. The monoisotopic (exact) mass is 287 g/mol. The molecular weight excluding hydrogens is 266 g/mol. The lowest BCUT2D eigenvalue weighted by Gasteiger charge is -2.21. The normalized spacial score (nSPS) is 11.6. The van der Waals surface area contributed by atoms with Gasteiger partial charge in [0.05, 0.1) is 0 Å². The molecule has 102 valence electrons. The number of aliphatic hydroxyl groups is 1. The third-order valence-electron chi connectivity index (χ3n) is 2.80. The minimum absolute atomic E-state index is 0.0103. The van der Waals surface area contributed by atoms with Gasteiger partial charge in [-0.15, -0.1) is 23.1 Å². The second-order valence-electron chi connectivity index (χ2n) is 5.00. The first kappa shape index (κ1) is 15.5. The Labute approximate surface area is 117 Å². The molecule has 0 aromatic carbocycles. The molecule has 1 heterocycles. The minimum atomic E-state index is -0.0575. The zero-order valence-electron chi connectivity index (χ0n) is 11.2. The van der Waals surface area contributed by atoms with Gasteiger partial charge in [0.25, 0.3) is 5.91 Å². The number of carbonyl (C=O) groups excluding carboxylic acids is 1. The molecule has 0 radical (unpaired) electrons. The summed E-state index contributed by atoms with van der Waals surface area (Å²) in [5.74, 6) is 0.0103. The summed E-state index contributed by atoms with van der Waals surface area (Å²) in [4.78, 5) is 13.7. The van der Waals surface area contributed by atoms with Gasteiger partial charge in [0.2, 0.25) is 0 Å². The van der Waals surface area contributed by atoms with E-state index in [-0.39, 0.29) is 17.9 Å². The van der Waals surface area contributed by atoms with Crippen molar-refractivity contribution in [1.82, 2.24) is 5.32 Å². The van der Waals surface area contributed by atoms with Crippen molar-refractivity contribution in [3.8, 4) is 0 Å². The molecule has 1 aromatic rings. The van der Waals surface area contributed by atoms with Gasteiger partial charge < -0.3 is 10.4 Å². The van der Waals surface area contributed by atoms with Crippen LogP contribution < -0.4 is 5.32 Å². The molecule has 0 atom stereocenters. The molecular formula is C13H21NO2S2. The summed E-state index contributed by atoms with van der Waals surface area (Å²) in [6, 6.07) is 1.97. The van der Waals surface area contributed by atoms with Crippen LogP contribution in [0.2, 0.25) is 0 Å². The van der Waals surface area contributed by atoms with Gasteiger partial charge in [-0.3, -0.25) is 4.79 Å². The molecule has 0 aliphatic heterocycles. The van der Waals surface area contributed by atoms with Crippen molar-refractivity contribution in [2.24, 2.45) is 5.41 Å². The topological polar surface area (TPSA) is 49.3 Å². The molecule has 0 spiro atoms. The van der Waals surface area contributed by atoms with E-state index in [1.54, 1.807) is 11.8 Å². The Kier molecular flexibility index (Phi) is 6.18. The molecule has 0 fully saturated rings. The number of nitrogens with one attached hydrogen (secondary N) is 1. The maximum atomic E-state index is 11.9. The van der Waals surface area contributed by atoms with E-state index >= 15 is 0 Å². The number of aliphatic hydroxyl groups excluding tert-OH is 1. The van der Waals surface area contributed by atoms with Crippen LogP contribution in [0.25, 0.3) is 0 Å². The summed E-state index contributed by atoms with van der Waals surface area (Å²) in [6.07, 6.45) is 3.77. The summed E-state index contributed by atoms with van der Waals surface area (Å²) in [7, 11) is 0. The zero-order chi connectivity index (χ0) is 13.6. The van der Waals surface area contributed by atoms with Crippen molar-refractivity contribution in [3.63, 3.8) is 0 Å². The van der Waals surface area contributed by atoms with Crippen LogP contribution in [-0.2, 0) is 0 Å². The van der Waals surface area contributed by atoms with Gasteiger partial charge in [0, 0.05) is 18.0 Å². The lowest BCUT2D eigenvalue weighted by Crippen LogP contribution is -2.26. The summed E-state index contributed by atoms with van der Waals surface area (Å²) in [6.45, 7) is 4.90. The highest BCUT2D eigenvalue weighted by molar-refractivity contribution is 7.98. The highest BCUT2D eigenvalue weighted by Gasteiger charge is 2.16. The van der Waals surface area contributed by atoms with Crippen molar-refractivity contribution in [2.45, 2.75) is 31.6 Å². The van der Waals surface area contributed by atoms with Crippen LogP contribution in [0.5, 0.6) is 0 Å².